The maximum atomic E-state index is 13.4. The van der Waals surface area contributed by atoms with E-state index in [9.17, 15) is 14.0 Å². The number of nitrogens with one attached hydrogen (secondary N) is 1. The van der Waals surface area contributed by atoms with Crippen LogP contribution in [0.5, 0.6) is 11.5 Å². The maximum Gasteiger partial charge on any atom is 0.283 e. The van der Waals surface area contributed by atoms with Crippen molar-refractivity contribution < 1.29 is 13.9 Å². The number of ether oxygens (including phenoxy) is 1. The summed E-state index contributed by atoms with van der Waals surface area (Å²) in [5, 5.41) is 4.42. The van der Waals surface area contributed by atoms with Crippen LogP contribution in [0.2, 0.25) is 0 Å². The Kier molecular flexibility index (Phi) is 4.48. The van der Waals surface area contributed by atoms with E-state index in [0.29, 0.717) is 34.0 Å². The Labute approximate surface area is 191 Å². The molecule has 34 heavy (non-hydrogen) atoms. The van der Waals surface area contributed by atoms with E-state index in [1.165, 1.54) is 41.5 Å². The number of fused-ring (bicyclic) bond motifs is 3. The molecule has 3 heterocycles. The van der Waals surface area contributed by atoms with E-state index in [-0.39, 0.29) is 11.2 Å². The predicted molar refractivity (Wildman–Crippen MR) is 122 cm³/mol. The van der Waals surface area contributed by atoms with Gasteiger partial charge in [0.05, 0.1) is 17.8 Å². The average Bonchev–Trinajstić information content (AvgIpc) is 3.29. The van der Waals surface area contributed by atoms with Crippen molar-refractivity contribution in [1.29, 1.82) is 0 Å². The molecule has 0 atom stereocenters. The Bertz CT molecular complexity index is 1580. The van der Waals surface area contributed by atoms with Crippen LogP contribution in [0.3, 0.4) is 0 Å². The SMILES string of the molecule is O=C(Nn1cnc2c(cnn2-c2ccc(F)cc2)c1=O)C1c2ccccc2Oc2ccccc21. The first kappa shape index (κ1) is 19.9. The Morgan fingerprint density at radius 3 is 2.26 bits per heavy atom. The standard InChI is InChI=1S/C25H16FN5O3/c26-15-9-11-16(12-10-15)31-23-19(13-28-31)25(33)30(14-27-23)29-24(32)22-17-5-1-3-7-20(17)34-21-8-4-2-6-18(21)22/h1-14,22H,(H,29,32). The zero-order chi connectivity index (χ0) is 23.2. The van der Waals surface area contributed by atoms with Gasteiger partial charge in [-0.3, -0.25) is 15.0 Å². The molecule has 8 nitrogen and oxygen atoms in total. The largest absolute Gasteiger partial charge is 0.457 e. The molecule has 0 unspecified atom stereocenters. The molecule has 0 saturated heterocycles. The Morgan fingerprint density at radius 1 is 0.941 bits per heavy atom. The van der Waals surface area contributed by atoms with Crippen molar-refractivity contribution in [2.24, 2.45) is 0 Å². The van der Waals surface area contributed by atoms with E-state index >= 15 is 0 Å². The summed E-state index contributed by atoms with van der Waals surface area (Å²) in [6.45, 7) is 0. The maximum absolute atomic E-state index is 13.4. The molecule has 0 spiro atoms. The molecule has 0 saturated carbocycles. The Morgan fingerprint density at radius 2 is 1.59 bits per heavy atom. The highest BCUT2D eigenvalue weighted by molar-refractivity contribution is 5.95. The zero-order valence-corrected chi connectivity index (χ0v) is 17.6. The summed E-state index contributed by atoms with van der Waals surface area (Å²) in [4.78, 5) is 30.9. The van der Waals surface area contributed by atoms with Crippen LogP contribution in [0.4, 0.5) is 4.39 Å². The number of halogens is 1. The zero-order valence-electron chi connectivity index (χ0n) is 17.6. The van der Waals surface area contributed by atoms with Crippen molar-refractivity contribution in [2.45, 2.75) is 5.92 Å². The molecule has 0 bridgehead atoms. The third-order valence-electron chi connectivity index (χ3n) is 5.73. The quantitative estimate of drug-likeness (QED) is 0.450. The molecular formula is C25H16FN5O3. The summed E-state index contributed by atoms with van der Waals surface area (Å²) in [6, 6.07) is 20.3. The molecule has 5 aromatic rings. The van der Waals surface area contributed by atoms with Gasteiger partial charge >= 0.3 is 0 Å². The van der Waals surface area contributed by atoms with Crippen LogP contribution in [0.15, 0.2) is 90.1 Å². The normalized spacial score (nSPS) is 12.6. The second-order valence-corrected chi connectivity index (χ2v) is 7.78. The topological polar surface area (TPSA) is 91.0 Å². The highest BCUT2D eigenvalue weighted by atomic mass is 19.1. The third kappa shape index (κ3) is 3.14. The summed E-state index contributed by atoms with van der Waals surface area (Å²) in [7, 11) is 0. The number of benzene rings is 3. The molecule has 1 amide bonds. The molecule has 9 heteroatoms. The highest BCUT2D eigenvalue weighted by Crippen LogP contribution is 2.43. The first-order valence-corrected chi connectivity index (χ1v) is 10.5. The van der Waals surface area contributed by atoms with Crippen molar-refractivity contribution in [3.63, 3.8) is 0 Å². The molecule has 1 aliphatic rings. The van der Waals surface area contributed by atoms with Gasteiger partial charge in [0.2, 0.25) is 0 Å². The molecule has 1 N–H and O–H groups in total. The average molecular weight is 453 g/mol. The molecule has 0 radical (unpaired) electrons. The fraction of sp³-hybridized carbons (Fsp3) is 0.0400. The van der Waals surface area contributed by atoms with E-state index in [4.69, 9.17) is 4.74 Å². The van der Waals surface area contributed by atoms with Crippen LogP contribution in [0, 0.1) is 5.82 Å². The van der Waals surface area contributed by atoms with Crippen molar-refractivity contribution in [3.8, 4) is 17.2 Å². The number of rotatable bonds is 3. The minimum absolute atomic E-state index is 0.208. The number of nitrogens with zero attached hydrogens (tertiary/aromatic N) is 4. The fourth-order valence-electron chi connectivity index (χ4n) is 4.14. The van der Waals surface area contributed by atoms with E-state index in [2.05, 4.69) is 15.5 Å². The van der Waals surface area contributed by atoms with E-state index < -0.39 is 17.4 Å². The van der Waals surface area contributed by atoms with Crippen LogP contribution in [-0.2, 0) is 4.79 Å². The molecule has 3 aromatic carbocycles. The van der Waals surface area contributed by atoms with Gasteiger partial charge in [-0.15, -0.1) is 0 Å². The summed E-state index contributed by atoms with van der Waals surface area (Å²) in [5.41, 5.74) is 4.43. The lowest BCUT2D eigenvalue weighted by atomic mass is 9.87. The summed E-state index contributed by atoms with van der Waals surface area (Å²) < 4.78 is 21.7. The van der Waals surface area contributed by atoms with Crippen LogP contribution in [0.25, 0.3) is 16.7 Å². The third-order valence-corrected chi connectivity index (χ3v) is 5.73. The molecule has 6 rings (SSSR count). The van der Waals surface area contributed by atoms with Gasteiger partial charge in [0.1, 0.15) is 29.0 Å². The number of amides is 1. The second kappa shape index (κ2) is 7.66. The van der Waals surface area contributed by atoms with Crippen molar-refractivity contribution >= 4 is 16.9 Å². The summed E-state index contributed by atoms with van der Waals surface area (Å²) in [5.74, 6) is -0.289. The number of carbonyl (C=O) groups excluding carboxylic acids is 1. The summed E-state index contributed by atoms with van der Waals surface area (Å²) >= 11 is 0. The lowest BCUT2D eigenvalue weighted by Crippen LogP contribution is -2.36. The van der Waals surface area contributed by atoms with Crippen molar-refractivity contribution in [1.82, 2.24) is 19.4 Å². The monoisotopic (exact) mass is 453 g/mol. The van der Waals surface area contributed by atoms with Crippen LogP contribution >= 0.6 is 0 Å². The molecule has 166 valence electrons. The summed E-state index contributed by atoms with van der Waals surface area (Å²) in [6.07, 6.45) is 2.61. The number of para-hydroxylation sites is 2. The van der Waals surface area contributed by atoms with Gasteiger partial charge in [-0.05, 0) is 36.4 Å². The number of hydrogen-bond acceptors (Lipinski definition) is 5. The molecule has 2 aromatic heterocycles. The van der Waals surface area contributed by atoms with Gasteiger partial charge in [0.15, 0.2) is 5.65 Å². The minimum Gasteiger partial charge on any atom is -0.457 e. The highest BCUT2D eigenvalue weighted by Gasteiger charge is 2.32. The second-order valence-electron chi connectivity index (χ2n) is 7.78. The Balaban J connectivity index is 1.38. The smallest absolute Gasteiger partial charge is 0.283 e. The minimum atomic E-state index is -0.675. The van der Waals surface area contributed by atoms with Crippen LogP contribution in [0.1, 0.15) is 17.0 Å². The Hall–Kier alpha value is -4.79. The predicted octanol–water partition coefficient (Wildman–Crippen LogP) is 3.73. The molecule has 1 aliphatic heterocycles. The fourth-order valence-corrected chi connectivity index (χ4v) is 4.14. The molecule has 0 aliphatic carbocycles. The van der Waals surface area contributed by atoms with Crippen molar-refractivity contribution in [2.75, 3.05) is 5.43 Å². The van der Waals surface area contributed by atoms with Gasteiger partial charge in [-0.25, -0.2) is 18.7 Å². The number of hydrogen-bond donors (Lipinski definition) is 1. The number of carbonyl (C=O) groups is 1. The van der Waals surface area contributed by atoms with E-state index in [1.54, 1.807) is 12.1 Å². The van der Waals surface area contributed by atoms with Gasteiger partial charge in [-0.2, -0.15) is 5.10 Å². The van der Waals surface area contributed by atoms with Crippen LogP contribution < -0.4 is 15.7 Å². The van der Waals surface area contributed by atoms with Gasteiger partial charge < -0.3 is 4.74 Å². The first-order chi connectivity index (χ1) is 16.6. The van der Waals surface area contributed by atoms with E-state index in [1.807, 2.05) is 36.4 Å². The first-order valence-electron chi connectivity index (χ1n) is 10.5. The van der Waals surface area contributed by atoms with Gasteiger partial charge in [-0.1, -0.05) is 36.4 Å². The molecule has 0 fully saturated rings. The van der Waals surface area contributed by atoms with Gasteiger partial charge in [0, 0.05) is 11.1 Å². The van der Waals surface area contributed by atoms with Crippen LogP contribution in [-0.4, -0.2) is 25.3 Å². The number of aromatic nitrogens is 4. The lowest BCUT2D eigenvalue weighted by molar-refractivity contribution is -0.117. The lowest BCUT2D eigenvalue weighted by Gasteiger charge is -2.27. The molecular weight excluding hydrogens is 437 g/mol. The van der Waals surface area contributed by atoms with Crippen molar-refractivity contribution in [3.05, 3.63) is 113 Å². The van der Waals surface area contributed by atoms with Gasteiger partial charge in [0.25, 0.3) is 11.5 Å². The van der Waals surface area contributed by atoms with E-state index in [0.717, 1.165) is 4.68 Å².